The van der Waals surface area contributed by atoms with Crippen LogP contribution in [-0.2, 0) is 0 Å². The number of aryl methyl sites for hydroxylation is 2. The first kappa shape index (κ1) is 8.17. The van der Waals surface area contributed by atoms with Crippen LogP contribution >= 0.6 is 0 Å². The van der Waals surface area contributed by atoms with Gasteiger partial charge in [-0.05, 0) is 43.5 Å². The number of fused-ring (bicyclic) bond motifs is 1. The summed E-state index contributed by atoms with van der Waals surface area (Å²) in [4.78, 5) is 8.60. The second kappa shape index (κ2) is 2.80. The van der Waals surface area contributed by atoms with Gasteiger partial charge in [0.05, 0.1) is 11.0 Å². The minimum absolute atomic E-state index is 0.989. The Bertz CT molecular complexity index is 461. The molecule has 66 valence electrons. The molecule has 0 spiro atoms. The Morgan fingerprint density at radius 3 is 2.38 bits per heavy atom. The molecule has 0 atom stereocenters. The van der Waals surface area contributed by atoms with Gasteiger partial charge >= 0.3 is 0 Å². The highest BCUT2D eigenvalue weighted by Crippen LogP contribution is 2.20. The standard InChI is InChI=1S/C11H12N2/c1-7-6-10-11(9(3)8(7)2)13-5-4-12-10/h4-6H,1-3H3. The monoisotopic (exact) mass is 172 g/mol. The van der Waals surface area contributed by atoms with Crippen LogP contribution in [0.1, 0.15) is 16.7 Å². The fourth-order valence-electron chi connectivity index (χ4n) is 1.53. The van der Waals surface area contributed by atoms with E-state index in [4.69, 9.17) is 0 Å². The molecule has 1 aromatic carbocycles. The van der Waals surface area contributed by atoms with Crippen LogP contribution in [0.2, 0.25) is 0 Å². The van der Waals surface area contributed by atoms with Gasteiger partial charge in [0.25, 0.3) is 0 Å². The molecule has 0 bridgehead atoms. The molecule has 1 aromatic heterocycles. The van der Waals surface area contributed by atoms with Gasteiger partial charge < -0.3 is 0 Å². The van der Waals surface area contributed by atoms with Crippen molar-refractivity contribution in [1.82, 2.24) is 9.97 Å². The zero-order valence-corrected chi connectivity index (χ0v) is 8.13. The molecule has 2 nitrogen and oxygen atoms in total. The average Bonchev–Trinajstić information content (AvgIpc) is 2.15. The van der Waals surface area contributed by atoms with Gasteiger partial charge in [0.1, 0.15) is 0 Å². The lowest BCUT2D eigenvalue weighted by atomic mass is 10.0. The number of nitrogens with zero attached hydrogens (tertiary/aromatic N) is 2. The number of benzene rings is 1. The zero-order chi connectivity index (χ0) is 9.42. The Morgan fingerprint density at radius 2 is 1.62 bits per heavy atom. The van der Waals surface area contributed by atoms with Crippen molar-refractivity contribution in [3.63, 3.8) is 0 Å². The van der Waals surface area contributed by atoms with Gasteiger partial charge in [-0.3, -0.25) is 9.97 Å². The van der Waals surface area contributed by atoms with Crippen molar-refractivity contribution in [3.8, 4) is 0 Å². The fraction of sp³-hybridized carbons (Fsp3) is 0.273. The molecule has 1 heterocycles. The molecule has 2 rings (SSSR count). The van der Waals surface area contributed by atoms with E-state index in [1.165, 1.54) is 16.7 Å². The third kappa shape index (κ3) is 1.18. The lowest BCUT2D eigenvalue weighted by Crippen LogP contribution is -1.92. The first-order chi connectivity index (χ1) is 6.20. The summed E-state index contributed by atoms with van der Waals surface area (Å²) < 4.78 is 0. The SMILES string of the molecule is Cc1cc2nccnc2c(C)c1C. The minimum atomic E-state index is 0.989. The lowest BCUT2D eigenvalue weighted by Gasteiger charge is -2.06. The van der Waals surface area contributed by atoms with Gasteiger partial charge in [-0.1, -0.05) is 0 Å². The van der Waals surface area contributed by atoms with Crippen LogP contribution in [0.25, 0.3) is 11.0 Å². The van der Waals surface area contributed by atoms with Gasteiger partial charge in [-0.2, -0.15) is 0 Å². The highest BCUT2D eigenvalue weighted by Gasteiger charge is 2.04. The summed E-state index contributed by atoms with van der Waals surface area (Å²) in [6, 6.07) is 2.09. The molecule has 0 fully saturated rings. The molecular formula is C11H12N2. The van der Waals surface area contributed by atoms with E-state index in [9.17, 15) is 0 Å². The number of rotatable bonds is 0. The summed E-state index contributed by atoms with van der Waals surface area (Å²) in [5.41, 5.74) is 5.84. The Kier molecular flexibility index (Phi) is 1.76. The zero-order valence-electron chi connectivity index (χ0n) is 8.13. The van der Waals surface area contributed by atoms with Gasteiger partial charge in [-0.15, -0.1) is 0 Å². The van der Waals surface area contributed by atoms with E-state index in [1.54, 1.807) is 12.4 Å². The van der Waals surface area contributed by atoms with Gasteiger partial charge in [0, 0.05) is 12.4 Å². The van der Waals surface area contributed by atoms with Gasteiger partial charge in [0.2, 0.25) is 0 Å². The van der Waals surface area contributed by atoms with Crippen LogP contribution in [0.3, 0.4) is 0 Å². The summed E-state index contributed by atoms with van der Waals surface area (Å²) in [5, 5.41) is 0. The van der Waals surface area contributed by atoms with Crippen LogP contribution < -0.4 is 0 Å². The maximum atomic E-state index is 4.32. The summed E-state index contributed by atoms with van der Waals surface area (Å²) >= 11 is 0. The van der Waals surface area contributed by atoms with Crippen molar-refractivity contribution >= 4 is 11.0 Å². The fourth-order valence-corrected chi connectivity index (χ4v) is 1.53. The Balaban J connectivity index is 2.94. The van der Waals surface area contributed by atoms with Crippen LogP contribution in [0.4, 0.5) is 0 Å². The second-order valence-corrected chi connectivity index (χ2v) is 3.37. The third-order valence-electron chi connectivity index (χ3n) is 2.59. The van der Waals surface area contributed by atoms with Gasteiger partial charge in [-0.25, -0.2) is 0 Å². The number of aromatic nitrogens is 2. The summed E-state index contributed by atoms with van der Waals surface area (Å²) in [7, 11) is 0. The minimum Gasteiger partial charge on any atom is -0.253 e. The second-order valence-electron chi connectivity index (χ2n) is 3.37. The van der Waals surface area contributed by atoms with Crippen molar-refractivity contribution in [2.24, 2.45) is 0 Å². The molecule has 0 aliphatic heterocycles. The maximum Gasteiger partial charge on any atom is 0.0918 e. The molecule has 0 radical (unpaired) electrons. The van der Waals surface area contributed by atoms with E-state index < -0.39 is 0 Å². The van der Waals surface area contributed by atoms with E-state index in [0.717, 1.165) is 11.0 Å². The first-order valence-electron chi connectivity index (χ1n) is 4.37. The smallest absolute Gasteiger partial charge is 0.0918 e. The van der Waals surface area contributed by atoms with Crippen LogP contribution in [0.5, 0.6) is 0 Å². The third-order valence-corrected chi connectivity index (χ3v) is 2.59. The molecular weight excluding hydrogens is 160 g/mol. The van der Waals surface area contributed by atoms with E-state index in [2.05, 4.69) is 36.8 Å². The van der Waals surface area contributed by atoms with E-state index in [-0.39, 0.29) is 0 Å². The van der Waals surface area contributed by atoms with Crippen LogP contribution in [-0.4, -0.2) is 9.97 Å². The molecule has 13 heavy (non-hydrogen) atoms. The molecule has 0 aliphatic rings. The Morgan fingerprint density at radius 1 is 0.923 bits per heavy atom. The normalized spacial score (nSPS) is 10.7. The summed E-state index contributed by atoms with van der Waals surface area (Å²) in [6.07, 6.45) is 3.47. The Hall–Kier alpha value is -1.44. The lowest BCUT2D eigenvalue weighted by molar-refractivity contribution is 1.22. The van der Waals surface area contributed by atoms with Crippen LogP contribution in [0.15, 0.2) is 18.5 Å². The molecule has 0 saturated heterocycles. The molecule has 0 unspecified atom stereocenters. The highest BCUT2D eigenvalue weighted by atomic mass is 14.8. The van der Waals surface area contributed by atoms with Crippen molar-refractivity contribution in [2.75, 3.05) is 0 Å². The summed E-state index contributed by atoms with van der Waals surface area (Å²) in [5.74, 6) is 0. The van der Waals surface area contributed by atoms with Crippen molar-refractivity contribution in [2.45, 2.75) is 20.8 Å². The quantitative estimate of drug-likeness (QED) is 0.610. The summed E-state index contributed by atoms with van der Waals surface area (Å²) in [6.45, 7) is 6.33. The average molecular weight is 172 g/mol. The Labute approximate surface area is 77.6 Å². The highest BCUT2D eigenvalue weighted by molar-refractivity contribution is 5.79. The number of hydrogen-bond donors (Lipinski definition) is 0. The van der Waals surface area contributed by atoms with E-state index in [1.807, 2.05) is 0 Å². The van der Waals surface area contributed by atoms with Crippen molar-refractivity contribution in [1.29, 1.82) is 0 Å². The first-order valence-corrected chi connectivity index (χ1v) is 4.37. The van der Waals surface area contributed by atoms with E-state index >= 15 is 0 Å². The van der Waals surface area contributed by atoms with Crippen LogP contribution in [0, 0.1) is 20.8 Å². The predicted octanol–water partition coefficient (Wildman–Crippen LogP) is 2.56. The van der Waals surface area contributed by atoms with Crippen molar-refractivity contribution < 1.29 is 0 Å². The van der Waals surface area contributed by atoms with Crippen molar-refractivity contribution in [3.05, 3.63) is 35.2 Å². The van der Waals surface area contributed by atoms with E-state index in [0.29, 0.717) is 0 Å². The molecule has 0 aliphatic carbocycles. The number of hydrogen-bond acceptors (Lipinski definition) is 2. The molecule has 0 saturated carbocycles. The molecule has 0 amide bonds. The van der Waals surface area contributed by atoms with Gasteiger partial charge in [0.15, 0.2) is 0 Å². The largest absolute Gasteiger partial charge is 0.253 e. The molecule has 2 aromatic rings. The molecule has 2 heteroatoms. The topological polar surface area (TPSA) is 25.8 Å². The molecule has 0 N–H and O–H groups in total. The maximum absolute atomic E-state index is 4.32. The predicted molar refractivity (Wildman–Crippen MR) is 53.7 cm³/mol.